The number of aromatic nitrogens is 1. The van der Waals surface area contributed by atoms with Crippen LogP contribution in [-0.4, -0.2) is 10.9 Å². The summed E-state index contributed by atoms with van der Waals surface area (Å²) in [5, 5.41) is 5.65. The minimum atomic E-state index is -0.294. The molecule has 1 aromatic carbocycles. The number of nitrogens with one attached hydrogen (secondary N) is 1. The van der Waals surface area contributed by atoms with E-state index in [-0.39, 0.29) is 42.7 Å². The lowest BCUT2D eigenvalue weighted by Crippen LogP contribution is -2.35. The van der Waals surface area contributed by atoms with Gasteiger partial charge in [0.15, 0.2) is 0 Å². The molecule has 1 aromatic heterocycles. The number of halogens is 2. The van der Waals surface area contributed by atoms with Gasteiger partial charge in [0.25, 0.3) is 0 Å². The first kappa shape index (κ1) is 19.9. The van der Waals surface area contributed by atoms with Crippen LogP contribution in [-0.2, 0) is 11.3 Å². The number of hydrogen-bond acceptors (Lipinski definition) is 4. The van der Waals surface area contributed by atoms with Gasteiger partial charge in [0.05, 0.1) is 12.5 Å². The van der Waals surface area contributed by atoms with Crippen LogP contribution in [0.15, 0.2) is 41.9 Å². The number of carbonyl (C=O) groups excluding carboxylic acids is 1. The van der Waals surface area contributed by atoms with Gasteiger partial charge >= 0.3 is 0 Å². The number of nitrogens with two attached hydrogens (primary N) is 1. The molecule has 0 radical (unpaired) electrons. The Morgan fingerprint density at radius 3 is 2.57 bits per heavy atom. The third-order valence-corrected chi connectivity index (χ3v) is 3.81. The maximum Gasteiger partial charge on any atom is 0.225 e. The van der Waals surface area contributed by atoms with Crippen LogP contribution in [0.1, 0.15) is 23.5 Å². The Hall–Kier alpha value is -1.14. The third-order valence-electron chi connectivity index (χ3n) is 3.03. The van der Waals surface area contributed by atoms with Gasteiger partial charge in [-0.2, -0.15) is 0 Å². The summed E-state index contributed by atoms with van der Waals surface area (Å²) in [6, 6.07) is 9.37. The Morgan fingerprint density at radius 1 is 1.33 bits per heavy atom. The molecule has 0 spiro atoms. The summed E-state index contributed by atoms with van der Waals surface area (Å²) in [6.45, 7) is 2.30. The van der Waals surface area contributed by atoms with Gasteiger partial charge in [0.2, 0.25) is 5.91 Å². The van der Waals surface area contributed by atoms with Crippen molar-refractivity contribution in [2.45, 2.75) is 19.5 Å². The van der Waals surface area contributed by atoms with Crippen LogP contribution in [0.4, 0.5) is 0 Å². The maximum absolute atomic E-state index is 12.0. The van der Waals surface area contributed by atoms with Crippen LogP contribution in [0.2, 0.25) is 0 Å². The van der Waals surface area contributed by atoms with Crippen molar-refractivity contribution in [1.82, 2.24) is 10.3 Å². The molecule has 2 aromatic rings. The minimum absolute atomic E-state index is 0. The summed E-state index contributed by atoms with van der Waals surface area (Å²) in [4.78, 5) is 16.2. The van der Waals surface area contributed by atoms with E-state index in [4.69, 9.17) is 5.73 Å². The lowest BCUT2D eigenvalue weighted by Gasteiger charge is -2.19. The zero-order valence-electron chi connectivity index (χ0n) is 11.6. The van der Waals surface area contributed by atoms with E-state index in [1.165, 1.54) is 11.3 Å². The number of amides is 1. The molecular formula is C14H19Cl2N3OS. The molecule has 0 saturated heterocycles. The lowest BCUT2D eigenvalue weighted by atomic mass is 9.95. The Kier molecular flexibility index (Phi) is 9.21. The zero-order valence-corrected chi connectivity index (χ0v) is 14.0. The van der Waals surface area contributed by atoms with Gasteiger partial charge in [0, 0.05) is 17.6 Å². The summed E-state index contributed by atoms with van der Waals surface area (Å²) >= 11 is 1.52. The number of nitrogens with zero attached hydrogens (tertiary/aromatic N) is 1. The van der Waals surface area contributed by atoms with Crippen molar-refractivity contribution in [2.24, 2.45) is 11.7 Å². The van der Waals surface area contributed by atoms with Crippen LogP contribution in [0.3, 0.4) is 0 Å². The fourth-order valence-corrected chi connectivity index (χ4v) is 2.35. The highest BCUT2D eigenvalue weighted by atomic mass is 35.5. The van der Waals surface area contributed by atoms with Gasteiger partial charge in [-0.05, 0) is 5.56 Å². The molecule has 7 heteroatoms. The highest BCUT2D eigenvalue weighted by Crippen LogP contribution is 2.19. The summed E-state index contributed by atoms with van der Waals surface area (Å²) in [7, 11) is 0. The summed E-state index contributed by atoms with van der Waals surface area (Å²) in [5.74, 6) is -0.325. The van der Waals surface area contributed by atoms with Crippen LogP contribution in [0, 0.1) is 5.92 Å². The standard InChI is InChI=1S/C14H17N3OS.2ClH/c1-10(13(15)11-5-3-2-4-6-11)14(18)17-9-12-16-7-8-19-12;;/h2-8,10,13H,9,15H2,1H3,(H,17,18);2*1H. The molecule has 0 bridgehead atoms. The molecule has 2 unspecified atom stereocenters. The van der Waals surface area contributed by atoms with Crippen molar-refractivity contribution >= 4 is 42.1 Å². The van der Waals surface area contributed by atoms with Gasteiger partial charge < -0.3 is 11.1 Å². The number of benzene rings is 1. The number of hydrogen-bond donors (Lipinski definition) is 2. The topological polar surface area (TPSA) is 68.0 Å². The van der Waals surface area contributed by atoms with Crippen molar-refractivity contribution < 1.29 is 4.79 Å². The van der Waals surface area contributed by atoms with Gasteiger partial charge in [-0.1, -0.05) is 37.3 Å². The molecule has 1 amide bonds. The first-order chi connectivity index (χ1) is 9.18. The van der Waals surface area contributed by atoms with Crippen LogP contribution < -0.4 is 11.1 Å². The molecular weight excluding hydrogens is 329 g/mol. The third kappa shape index (κ3) is 5.63. The van der Waals surface area contributed by atoms with Crippen molar-refractivity contribution in [3.63, 3.8) is 0 Å². The molecule has 0 aliphatic carbocycles. The van der Waals surface area contributed by atoms with Gasteiger partial charge in [-0.25, -0.2) is 4.98 Å². The number of thiazole rings is 1. The van der Waals surface area contributed by atoms with E-state index in [0.717, 1.165) is 10.6 Å². The second kappa shape index (κ2) is 9.73. The summed E-state index contributed by atoms with van der Waals surface area (Å²) in [6.07, 6.45) is 1.73. The zero-order chi connectivity index (χ0) is 13.7. The largest absolute Gasteiger partial charge is 0.349 e. The van der Waals surface area contributed by atoms with Crippen LogP contribution in [0.25, 0.3) is 0 Å². The maximum atomic E-state index is 12.0. The first-order valence-corrected chi connectivity index (χ1v) is 7.03. The average molecular weight is 348 g/mol. The average Bonchev–Trinajstić information content (AvgIpc) is 2.97. The molecule has 116 valence electrons. The monoisotopic (exact) mass is 347 g/mol. The van der Waals surface area contributed by atoms with Crippen molar-refractivity contribution in [3.8, 4) is 0 Å². The van der Waals surface area contributed by atoms with Gasteiger partial charge in [-0.15, -0.1) is 36.2 Å². The van der Waals surface area contributed by atoms with Gasteiger partial charge in [0.1, 0.15) is 5.01 Å². The molecule has 0 saturated carbocycles. The Balaban J connectivity index is 0.00000200. The van der Waals surface area contributed by atoms with E-state index < -0.39 is 0 Å². The van der Waals surface area contributed by atoms with E-state index >= 15 is 0 Å². The smallest absolute Gasteiger partial charge is 0.225 e. The van der Waals surface area contributed by atoms with Crippen molar-refractivity contribution in [3.05, 3.63) is 52.5 Å². The van der Waals surface area contributed by atoms with Crippen LogP contribution in [0.5, 0.6) is 0 Å². The van der Waals surface area contributed by atoms with Crippen molar-refractivity contribution in [2.75, 3.05) is 0 Å². The molecule has 0 aliphatic rings. The Morgan fingerprint density at radius 2 is 2.00 bits per heavy atom. The van der Waals surface area contributed by atoms with E-state index in [1.807, 2.05) is 42.6 Å². The molecule has 2 atom stereocenters. The van der Waals surface area contributed by atoms with E-state index in [0.29, 0.717) is 6.54 Å². The second-order valence-electron chi connectivity index (χ2n) is 4.37. The minimum Gasteiger partial charge on any atom is -0.349 e. The Labute approximate surface area is 141 Å². The Bertz CT molecular complexity index is 522. The molecule has 2 rings (SSSR count). The van der Waals surface area contributed by atoms with Crippen molar-refractivity contribution in [1.29, 1.82) is 0 Å². The molecule has 0 fully saturated rings. The molecule has 0 aliphatic heterocycles. The normalized spacial score (nSPS) is 12.5. The molecule has 3 N–H and O–H groups in total. The molecule has 21 heavy (non-hydrogen) atoms. The molecule has 1 heterocycles. The summed E-state index contributed by atoms with van der Waals surface area (Å²) < 4.78 is 0. The fourth-order valence-electron chi connectivity index (χ4n) is 1.79. The second-order valence-corrected chi connectivity index (χ2v) is 5.35. The van der Waals surface area contributed by atoms with Gasteiger partial charge in [-0.3, -0.25) is 4.79 Å². The number of rotatable bonds is 5. The highest BCUT2D eigenvalue weighted by Gasteiger charge is 2.21. The summed E-state index contributed by atoms with van der Waals surface area (Å²) in [5.41, 5.74) is 7.09. The highest BCUT2D eigenvalue weighted by molar-refractivity contribution is 7.09. The number of carbonyl (C=O) groups is 1. The lowest BCUT2D eigenvalue weighted by molar-refractivity contribution is -0.125. The van der Waals surface area contributed by atoms with Crippen LogP contribution >= 0.6 is 36.2 Å². The quantitative estimate of drug-likeness (QED) is 0.873. The predicted molar refractivity (Wildman–Crippen MR) is 91.0 cm³/mol. The first-order valence-electron chi connectivity index (χ1n) is 6.15. The van der Waals surface area contributed by atoms with E-state index in [2.05, 4.69) is 10.3 Å². The fraction of sp³-hybridized carbons (Fsp3) is 0.286. The van der Waals surface area contributed by atoms with E-state index in [9.17, 15) is 4.79 Å². The molecule has 4 nitrogen and oxygen atoms in total. The predicted octanol–water partition coefficient (Wildman–Crippen LogP) is 2.94. The van der Waals surface area contributed by atoms with E-state index in [1.54, 1.807) is 6.20 Å². The SMILES string of the molecule is CC(C(=O)NCc1nccs1)C(N)c1ccccc1.Cl.Cl.